The first-order valence-corrected chi connectivity index (χ1v) is 9.13. The fourth-order valence-electron chi connectivity index (χ4n) is 2.71. The molecule has 0 spiro atoms. The number of hydrogen-bond donors (Lipinski definition) is 1. The third-order valence-electron chi connectivity index (χ3n) is 4.00. The summed E-state index contributed by atoms with van der Waals surface area (Å²) in [5.74, 6) is 0.920. The van der Waals surface area contributed by atoms with Gasteiger partial charge in [-0.15, -0.1) is 0 Å². The first kappa shape index (κ1) is 20.6. The third-order valence-corrected chi connectivity index (χ3v) is 4.29. The molecule has 0 saturated heterocycles. The van der Waals surface area contributed by atoms with Gasteiger partial charge in [-0.25, -0.2) is 0 Å². The maximum absolute atomic E-state index is 12.1. The van der Waals surface area contributed by atoms with Gasteiger partial charge in [0.25, 0.3) is 5.91 Å². The predicted octanol–water partition coefficient (Wildman–Crippen LogP) is 2.85. The number of carbonyl (C=O) groups excluding carboxylic acids is 2. The fraction of sp³-hybridized carbons (Fsp3) is 0.300. The molecule has 0 saturated carbocycles. The van der Waals surface area contributed by atoms with Crippen molar-refractivity contribution in [3.05, 3.63) is 40.9 Å². The number of anilines is 1. The van der Waals surface area contributed by atoms with E-state index in [4.69, 9.17) is 35.3 Å². The van der Waals surface area contributed by atoms with Crippen molar-refractivity contribution in [1.82, 2.24) is 0 Å². The van der Waals surface area contributed by atoms with Crippen LogP contribution in [0, 0.1) is 0 Å². The number of fused-ring (bicyclic) bond motifs is 1. The van der Waals surface area contributed by atoms with Crippen LogP contribution in [0.15, 0.2) is 30.3 Å². The second-order valence-electron chi connectivity index (χ2n) is 6.09. The summed E-state index contributed by atoms with van der Waals surface area (Å²) >= 11 is 6.16. The molecule has 1 amide bonds. The molecule has 0 aliphatic carbocycles. The zero-order chi connectivity index (χ0) is 20.8. The number of carbonyl (C=O) groups is 2. The van der Waals surface area contributed by atoms with E-state index < -0.39 is 18.5 Å². The van der Waals surface area contributed by atoms with E-state index in [0.29, 0.717) is 52.5 Å². The number of rotatable bonds is 7. The topological polar surface area (TPSA) is 92.3 Å². The lowest BCUT2D eigenvalue weighted by atomic mass is 10.1. The van der Waals surface area contributed by atoms with Gasteiger partial charge < -0.3 is 29.0 Å². The van der Waals surface area contributed by atoms with E-state index in [1.807, 2.05) is 0 Å². The van der Waals surface area contributed by atoms with Crippen molar-refractivity contribution in [2.75, 3.05) is 39.4 Å². The first-order valence-electron chi connectivity index (χ1n) is 8.75. The zero-order valence-electron chi connectivity index (χ0n) is 16.0. The maximum atomic E-state index is 12.1. The fourth-order valence-corrected chi connectivity index (χ4v) is 2.99. The van der Waals surface area contributed by atoms with Crippen LogP contribution in [0.4, 0.5) is 5.69 Å². The van der Waals surface area contributed by atoms with Crippen molar-refractivity contribution < 1.29 is 33.3 Å². The molecule has 0 bridgehead atoms. The monoisotopic (exact) mass is 421 g/mol. The molecule has 154 valence electrons. The molecule has 3 rings (SSSR count). The SMILES string of the molecule is COc1cc(NC(=O)COC(=O)Cc2cc(Cl)c3c(c2)OCCO3)cc(OC)c1. The summed E-state index contributed by atoms with van der Waals surface area (Å²) in [4.78, 5) is 24.2. The lowest BCUT2D eigenvalue weighted by Gasteiger charge is -2.20. The summed E-state index contributed by atoms with van der Waals surface area (Å²) in [5, 5.41) is 2.98. The van der Waals surface area contributed by atoms with Crippen LogP contribution in [0.1, 0.15) is 5.56 Å². The Morgan fingerprint density at radius 3 is 2.41 bits per heavy atom. The van der Waals surface area contributed by atoms with Crippen molar-refractivity contribution in [1.29, 1.82) is 0 Å². The van der Waals surface area contributed by atoms with Gasteiger partial charge in [0.05, 0.1) is 25.7 Å². The number of halogens is 1. The summed E-state index contributed by atoms with van der Waals surface area (Å²) in [6.45, 7) is 0.394. The van der Waals surface area contributed by atoms with Crippen LogP contribution in [0.25, 0.3) is 0 Å². The Balaban J connectivity index is 1.54. The molecule has 1 aliphatic heterocycles. The molecule has 8 nitrogen and oxygen atoms in total. The van der Waals surface area contributed by atoms with Gasteiger partial charge in [0.1, 0.15) is 24.7 Å². The molecule has 0 fully saturated rings. The van der Waals surface area contributed by atoms with Crippen LogP contribution in [0.5, 0.6) is 23.0 Å². The van der Waals surface area contributed by atoms with E-state index in [0.717, 1.165) is 0 Å². The van der Waals surface area contributed by atoms with Crippen molar-refractivity contribution in [2.24, 2.45) is 0 Å². The van der Waals surface area contributed by atoms with Crippen molar-refractivity contribution in [3.63, 3.8) is 0 Å². The van der Waals surface area contributed by atoms with Crippen molar-refractivity contribution >= 4 is 29.2 Å². The summed E-state index contributed by atoms with van der Waals surface area (Å²) in [5.41, 5.74) is 1.06. The molecule has 9 heteroatoms. The van der Waals surface area contributed by atoms with Crippen molar-refractivity contribution in [2.45, 2.75) is 6.42 Å². The van der Waals surface area contributed by atoms with Gasteiger partial charge >= 0.3 is 5.97 Å². The second kappa shape index (κ2) is 9.38. The molecular weight excluding hydrogens is 402 g/mol. The Morgan fingerprint density at radius 1 is 1.03 bits per heavy atom. The normalized spacial score (nSPS) is 12.1. The number of benzene rings is 2. The number of ether oxygens (including phenoxy) is 5. The molecule has 2 aromatic carbocycles. The van der Waals surface area contributed by atoms with Gasteiger partial charge in [-0.3, -0.25) is 9.59 Å². The first-order chi connectivity index (χ1) is 14.0. The second-order valence-corrected chi connectivity index (χ2v) is 6.50. The molecule has 0 unspecified atom stereocenters. The molecular formula is C20H20ClNO7. The number of nitrogens with one attached hydrogen (secondary N) is 1. The van der Waals surface area contributed by atoms with Gasteiger partial charge in [0, 0.05) is 23.9 Å². The van der Waals surface area contributed by atoms with Crippen LogP contribution in [0.3, 0.4) is 0 Å². The standard InChI is InChI=1S/C20H20ClNO7/c1-25-14-8-13(9-15(10-14)26-2)22-18(23)11-29-19(24)7-12-5-16(21)20-17(6-12)27-3-4-28-20/h5-6,8-10H,3-4,7,11H2,1-2H3,(H,22,23). The molecule has 1 aliphatic rings. The van der Waals surface area contributed by atoms with Crippen LogP contribution < -0.4 is 24.3 Å². The van der Waals surface area contributed by atoms with Crippen LogP contribution in [-0.4, -0.2) is 45.9 Å². The van der Waals surface area contributed by atoms with Crippen LogP contribution >= 0.6 is 11.6 Å². The quantitative estimate of drug-likeness (QED) is 0.687. The molecule has 0 radical (unpaired) electrons. The highest BCUT2D eigenvalue weighted by Gasteiger charge is 2.18. The molecule has 29 heavy (non-hydrogen) atoms. The predicted molar refractivity (Wildman–Crippen MR) is 105 cm³/mol. The largest absolute Gasteiger partial charge is 0.497 e. The molecule has 1 heterocycles. The van der Waals surface area contributed by atoms with E-state index in [1.165, 1.54) is 14.2 Å². The average Bonchev–Trinajstić information content (AvgIpc) is 2.72. The highest BCUT2D eigenvalue weighted by molar-refractivity contribution is 6.32. The van der Waals surface area contributed by atoms with E-state index in [-0.39, 0.29) is 6.42 Å². The summed E-state index contributed by atoms with van der Waals surface area (Å²) in [6.07, 6.45) is -0.0589. The van der Waals surface area contributed by atoms with Crippen LogP contribution in [-0.2, 0) is 20.7 Å². The highest BCUT2D eigenvalue weighted by Crippen LogP contribution is 2.38. The van der Waals surface area contributed by atoms with E-state index in [1.54, 1.807) is 30.3 Å². The third kappa shape index (κ3) is 5.45. The Kier molecular flexibility index (Phi) is 6.66. The lowest BCUT2D eigenvalue weighted by Crippen LogP contribution is -2.22. The Bertz CT molecular complexity index is 894. The number of amides is 1. The molecule has 0 aromatic heterocycles. The van der Waals surface area contributed by atoms with Crippen LogP contribution in [0.2, 0.25) is 5.02 Å². The summed E-state index contributed by atoms with van der Waals surface area (Å²) < 4.78 is 26.3. The Morgan fingerprint density at radius 2 is 1.72 bits per heavy atom. The molecule has 0 atom stereocenters. The minimum Gasteiger partial charge on any atom is -0.497 e. The lowest BCUT2D eigenvalue weighted by molar-refractivity contribution is -0.146. The van der Waals surface area contributed by atoms with E-state index in [9.17, 15) is 9.59 Å². The van der Waals surface area contributed by atoms with Gasteiger partial charge in [-0.1, -0.05) is 11.6 Å². The zero-order valence-corrected chi connectivity index (χ0v) is 16.7. The van der Waals surface area contributed by atoms with Crippen molar-refractivity contribution in [3.8, 4) is 23.0 Å². The Labute approximate surface area is 172 Å². The Hall–Kier alpha value is -3.13. The van der Waals surface area contributed by atoms with Gasteiger partial charge in [-0.05, 0) is 17.7 Å². The highest BCUT2D eigenvalue weighted by atomic mass is 35.5. The summed E-state index contributed by atoms with van der Waals surface area (Å²) in [6, 6.07) is 8.20. The number of methoxy groups -OCH3 is 2. The minimum absolute atomic E-state index is 0.0589. The molecule has 1 N–H and O–H groups in total. The smallest absolute Gasteiger partial charge is 0.310 e. The summed E-state index contributed by atoms with van der Waals surface area (Å²) in [7, 11) is 3.01. The van der Waals surface area contributed by atoms with E-state index >= 15 is 0 Å². The maximum Gasteiger partial charge on any atom is 0.310 e. The van der Waals surface area contributed by atoms with Gasteiger partial charge in [-0.2, -0.15) is 0 Å². The molecule has 2 aromatic rings. The minimum atomic E-state index is -0.573. The van der Waals surface area contributed by atoms with Gasteiger partial charge in [0.2, 0.25) is 0 Å². The number of hydrogen-bond acceptors (Lipinski definition) is 7. The average molecular weight is 422 g/mol. The number of esters is 1. The van der Waals surface area contributed by atoms with Gasteiger partial charge in [0.15, 0.2) is 18.1 Å². The van der Waals surface area contributed by atoms with E-state index in [2.05, 4.69) is 5.32 Å².